The van der Waals surface area contributed by atoms with Crippen LogP contribution >= 0.6 is 0 Å². The van der Waals surface area contributed by atoms with E-state index in [2.05, 4.69) is 42.2 Å². The van der Waals surface area contributed by atoms with Gasteiger partial charge in [-0.3, -0.25) is 0 Å². The van der Waals surface area contributed by atoms with E-state index in [0.29, 0.717) is 18.3 Å². The molecule has 1 saturated carbocycles. The number of nitrogens with zero attached hydrogens (tertiary/aromatic N) is 1. The third-order valence-corrected chi connectivity index (χ3v) is 7.70. The molecule has 1 heterocycles. The second-order valence-electron chi connectivity index (χ2n) is 10.2. The van der Waals surface area contributed by atoms with E-state index >= 15 is 0 Å². The Morgan fingerprint density at radius 1 is 1.16 bits per heavy atom. The number of aryl methyl sites for hydroxylation is 1. The van der Waals surface area contributed by atoms with Crippen LogP contribution in [0.2, 0.25) is 0 Å². The normalized spacial score (nSPS) is 30.0. The minimum absolute atomic E-state index is 0.180. The van der Waals surface area contributed by atoms with Gasteiger partial charge in [-0.25, -0.2) is 0 Å². The van der Waals surface area contributed by atoms with Crippen molar-refractivity contribution in [1.82, 2.24) is 4.90 Å². The topological polar surface area (TPSA) is 43.7 Å². The molecule has 3 nitrogen and oxygen atoms in total. The molecule has 2 N–H and O–H groups in total. The fourth-order valence-corrected chi connectivity index (χ4v) is 6.07. The fraction of sp³-hybridized carbons (Fsp3) is 0.643. The summed E-state index contributed by atoms with van der Waals surface area (Å²) < 4.78 is 0. The number of aliphatic hydroxyl groups excluding tert-OH is 2. The van der Waals surface area contributed by atoms with Crippen LogP contribution in [0.4, 0.5) is 0 Å². The Labute approximate surface area is 188 Å². The molecule has 0 radical (unpaired) electrons. The van der Waals surface area contributed by atoms with Gasteiger partial charge in [-0.1, -0.05) is 60.1 Å². The first-order valence-corrected chi connectivity index (χ1v) is 12.6. The lowest BCUT2D eigenvalue weighted by molar-refractivity contribution is 0.140. The Kier molecular flexibility index (Phi) is 8.03. The number of piperidine rings is 1. The summed E-state index contributed by atoms with van der Waals surface area (Å²) in [5.74, 6) is 1.23. The Hall–Kier alpha value is -1.42. The van der Waals surface area contributed by atoms with Gasteiger partial charge < -0.3 is 15.1 Å². The van der Waals surface area contributed by atoms with E-state index in [0.717, 1.165) is 18.4 Å². The minimum Gasteiger partial charge on any atom is -0.392 e. The summed E-state index contributed by atoms with van der Waals surface area (Å²) in [7, 11) is 0. The summed E-state index contributed by atoms with van der Waals surface area (Å²) in [5.41, 5.74) is 4.00. The summed E-state index contributed by atoms with van der Waals surface area (Å²) in [5, 5.41) is 21.1. The zero-order chi connectivity index (χ0) is 21.6. The van der Waals surface area contributed by atoms with Crippen LogP contribution in [0, 0.1) is 24.7 Å². The van der Waals surface area contributed by atoms with E-state index in [1.54, 1.807) is 5.57 Å². The van der Waals surface area contributed by atoms with E-state index in [4.69, 9.17) is 0 Å². The Bertz CT molecular complexity index is 764. The number of hydrogen-bond donors (Lipinski definition) is 2. The zero-order valence-electron chi connectivity index (χ0n) is 19.3. The zero-order valence-corrected chi connectivity index (χ0v) is 19.3. The SMILES string of the molecule is Cc1cccc(C[C@@H](O)C=C[C@@H]2[C@H]3CC(CCCCN4CCCCC4)=C[C@H]3C[C@H]2O)c1. The number of benzene rings is 1. The van der Waals surface area contributed by atoms with Crippen LogP contribution in [-0.2, 0) is 6.42 Å². The molecular weight excluding hydrogens is 382 g/mol. The van der Waals surface area contributed by atoms with Crippen molar-refractivity contribution in [3.05, 3.63) is 59.2 Å². The average Bonchev–Trinajstić information content (AvgIpc) is 3.27. The second kappa shape index (κ2) is 10.9. The number of fused-ring (bicyclic) bond motifs is 1. The molecule has 0 unspecified atom stereocenters. The molecule has 0 spiro atoms. The van der Waals surface area contributed by atoms with Crippen molar-refractivity contribution in [1.29, 1.82) is 0 Å². The maximum Gasteiger partial charge on any atom is 0.0761 e. The number of allylic oxidation sites excluding steroid dienone is 2. The molecule has 1 saturated heterocycles. The van der Waals surface area contributed by atoms with Crippen LogP contribution in [-0.4, -0.2) is 47.0 Å². The van der Waals surface area contributed by atoms with Crippen LogP contribution in [0.15, 0.2) is 48.1 Å². The smallest absolute Gasteiger partial charge is 0.0761 e. The van der Waals surface area contributed by atoms with E-state index in [1.165, 1.54) is 63.7 Å². The van der Waals surface area contributed by atoms with Gasteiger partial charge in [0.15, 0.2) is 0 Å². The molecule has 2 aliphatic carbocycles. The van der Waals surface area contributed by atoms with Crippen molar-refractivity contribution in [3.8, 4) is 0 Å². The van der Waals surface area contributed by atoms with Gasteiger partial charge in [0.2, 0.25) is 0 Å². The van der Waals surface area contributed by atoms with Crippen molar-refractivity contribution in [2.75, 3.05) is 19.6 Å². The minimum atomic E-state index is -0.489. The predicted molar refractivity (Wildman–Crippen MR) is 128 cm³/mol. The first-order chi connectivity index (χ1) is 15.1. The predicted octanol–water partition coefficient (Wildman–Crippen LogP) is 5.05. The third-order valence-electron chi connectivity index (χ3n) is 7.70. The van der Waals surface area contributed by atoms with Gasteiger partial charge in [-0.15, -0.1) is 0 Å². The number of hydrogen-bond acceptors (Lipinski definition) is 3. The molecule has 3 heteroatoms. The number of unbranched alkanes of at least 4 members (excludes halogenated alkanes) is 1. The number of likely N-dealkylation sites (tertiary alicyclic amines) is 1. The largest absolute Gasteiger partial charge is 0.392 e. The highest BCUT2D eigenvalue weighted by Crippen LogP contribution is 2.48. The molecule has 4 rings (SSSR count). The summed E-state index contributed by atoms with van der Waals surface area (Å²) in [4.78, 5) is 2.64. The van der Waals surface area contributed by atoms with E-state index in [1.807, 2.05) is 12.1 Å². The fourth-order valence-electron chi connectivity index (χ4n) is 6.07. The van der Waals surface area contributed by atoms with Gasteiger partial charge in [0.25, 0.3) is 0 Å². The lowest BCUT2D eigenvalue weighted by Gasteiger charge is -2.26. The van der Waals surface area contributed by atoms with Crippen LogP contribution in [0.1, 0.15) is 62.5 Å². The molecule has 1 aromatic rings. The molecule has 31 heavy (non-hydrogen) atoms. The van der Waals surface area contributed by atoms with E-state index in [9.17, 15) is 10.2 Å². The van der Waals surface area contributed by atoms with Crippen LogP contribution in [0.5, 0.6) is 0 Å². The van der Waals surface area contributed by atoms with Crippen LogP contribution < -0.4 is 0 Å². The second-order valence-corrected chi connectivity index (χ2v) is 10.2. The van der Waals surface area contributed by atoms with Crippen LogP contribution in [0.3, 0.4) is 0 Å². The first kappa shape index (κ1) is 22.8. The van der Waals surface area contributed by atoms with Crippen molar-refractivity contribution in [2.45, 2.75) is 76.9 Å². The summed E-state index contributed by atoms with van der Waals surface area (Å²) >= 11 is 0. The van der Waals surface area contributed by atoms with Crippen molar-refractivity contribution < 1.29 is 10.2 Å². The van der Waals surface area contributed by atoms with Gasteiger partial charge in [-0.05, 0) is 88.9 Å². The average molecular weight is 424 g/mol. The van der Waals surface area contributed by atoms with E-state index in [-0.39, 0.29) is 12.0 Å². The standard InChI is InChI=1S/C28H41NO2/c1-21-8-7-10-22(16-21)18-25(30)11-12-26-27-19-23(17-24(27)20-28(26)31)9-3-6-15-29-13-4-2-5-14-29/h7-8,10-12,16-17,24-28,30-31H,2-6,9,13-15,18-20H2,1H3/t24-,25-,26+,27-,28+/m0/s1. The molecule has 3 aliphatic rings. The quantitative estimate of drug-likeness (QED) is 0.431. The maximum absolute atomic E-state index is 10.6. The lowest BCUT2D eigenvalue weighted by atomic mass is 9.88. The number of aliphatic hydroxyl groups is 2. The Morgan fingerprint density at radius 3 is 2.81 bits per heavy atom. The molecule has 0 bridgehead atoms. The van der Waals surface area contributed by atoms with Crippen molar-refractivity contribution in [3.63, 3.8) is 0 Å². The molecule has 1 aromatic carbocycles. The molecular formula is C28H41NO2. The van der Waals surface area contributed by atoms with Crippen molar-refractivity contribution >= 4 is 0 Å². The highest BCUT2D eigenvalue weighted by molar-refractivity contribution is 5.24. The Morgan fingerprint density at radius 2 is 2.00 bits per heavy atom. The van der Waals surface area contributed by atoms with Crippen LogP contribution in [0.25, 0.3) is 0 Å². The molecule has 1 aliphatic heterocycles. The third kappa shape index (κ3) is 6.31. The molecule has 5 atom stereocenters. The first-order valence-electron chi connectivity index (χ1n) is 12.6. The Balaban J connectivity index is 1.22. The summed E-state index contributed by atoms with van der Waals surface area (Å²) in [6.07, 6.45) is 16.4. The van der Waals surface area contributed by atoms with Gasteiger partial charge in [0.1, 0.15) is 0 Å². The summed E-state index contributed by atoms with van der Waals surface area (Å²) in [6.45, 7) is 5.95. The lowest BCUT2D eigenvalue weighted by Crippen LogP contribution is -2.30. The van der Waals surface area contributed by atoms with Gasteiger partial charge >= 0.3 is 0 Å². The monoisotopic (exact) mass is 423 g/mol. The molecule has 0 aromatic heterocycles. The van der Waals surface area contributed by atoms with Gasteiger partial charge in [0.05, 0.1) is 12.2 Å². The number of rotatable bonds is 9. The van der Waals surface area contributed by atoms with Gasteiger partial charge in [0, 0.05) is 12.3 Å². The molecule has 0 amide bonds. The summed E-state index contributed by atoms with van der Waals surface area (Å²) in [6, 6.07) is 8.34. The van der Waals surface area contributed by atoms with Crippen molar-refractivity contribution in [2.24, 2.45) is 17.8 Å². The molecule has 170 valence electrons. The highest BCUT2D eigenvalue weighted by atomic mass is 16.3. The van der Waals surface area contributed by atoms with E-state index < -0.39 is 6.10 Å². The maximum atomic E-state index is 10.6. The molecule has 2 fully saturated rings. The van der Waals surface area contributed by atoms with Gasteiger partial charge in [-0.2, -0.15) is 0 Å². The highest BCUT2D eigenvalue weighted by Gasteiger charge is 2.43.